The van der Waals surface area contributed by atoms with Crippen LogP contribution in [0.3, 0.4) is 0 Å². The molecule has 4 heteroatoms. The normalized spacial score (nSPS) is 13.9. The van der Waals surface area contributed by atoms with Crippen molar-refractivity contribution in [2.24, 2.45) is 0 Å². The molecule has 1 aliphatic heterocycles. The minimum atomic E-state index is -0.454. The van der Waals surface area contributed by atoms with Crippen LogP contribution in [0.15, 0.2) is 91.0 Å². The molecule has 4 nitrogen and oxygen atoms in total. The van der Waals surface area contributed by atoms with E-state index in [1.165, 1.54) is 10.5 Å². The van der Waals surface area contributed by atoms with Gasteiger partial charge in [0.2, 0.25) is 5.91 Å². The maximum Gasteiger partial charge on any atom is 0.298 e. The highest BCUT2D eigenvalue weighted by Crippen LogP contribution is 2.29. The van der Waals surface area contributed by atoms with Gasteiger partial charge in [0, 0.05) is 25.6 Å². The summed E-state index contributed by atoms with van der Waals surface area (Å²) in [5.74, 6) is 2.12. The number of benzene rings is 3. The smallest absolute Gasteiger partial charge is 0.298 e. The van der Waals surface area contributed by atoms with Crippen molar-refractivity contribution in [3.05, 3.63) is 108 Å². The van der Waals surface area contributed by atoms with Gasteiger partial charge in [-0.3, -0.25) is 9.59 Å². The molecule has 0 bridgehead atoms. The number of amides is 2. The third kappa shape index (κ3) is 5.74. The van der Waals surface area contributed by atoms with Gasteiger partial charge in [0.05, 0.1) is 0 Å². The van der Waals surface area contributed by atoms with E-state index in [1.807, 2.05) is 71.6 Å². The van der Waals surface area contributed by atoms with Gasteiger partial charge in [0.1, 0.15) is 6.54 Å². The lowest BCUT2D eigenvalue weighted by atomic mass is 9.89. The molecule has 1 fully saturated rings. The lowest BCUT2D eigenvalue weighted by Crippen LogP contribution is -2.46. The van der Waals surface area contributed by atoms with E-state index in [4.69, 9.17) is 6.42 Å². The Bertz CT molecular complexity index is 1080. The molecule has 3 aromatic rings. The number of rotatable bonds is 7. The Hall–Kier alpha value is -3.84. The maximum absolute atomic E-state index is 13.2. The summed E-state index contributed by atoms with van der Waals surface area (Å²) in [7, 11) is 0. The predicted molar refractivity (Wildman–Crippen MR) is 135 cm³/mol. The number of nitrogens with zero attached hydrogens (tertiary/aromatic N) is 2. The Morgan fingerprint density at radius 1 is 0.853 bits per heavy atom. The van der Waals surface area contributed by atoms with Crippen molar-refractivity contribution in [2.45, 2.75) is 24.7 Å². The van der Waals surface area contributed by atoms with E-state index in [-0.39, 0.29) is 18.4 Å². The first kappa shape index (κ1) is 23.3. The molecule has 0 radical (unpaired) electrons. The van der Waals surface area contributed by atoms with Crippen LogP contribution in [0, 0.1) is 12.3 Å². The molecular weight excluding hydrogens is 420 g/mol. The lowest BCUT2D eigenvalue weighted by molar-refractivity contribution is -0.138. The summed E-state index contributed by atoms with van der Waals surface area (Å²) in [6.07, 6.45) is 7.35. The molecule has 1 aliphatic rings. The summed E-state index contributed by atoms with van der Waals surface area (Å²) >= 11 is 0. The van der Waals surface area contributed by atoms with Crippen molar-refractivity contribution < 1.29 is 9.59 Å². The van der Waals surface area contributed by atoms with Crippen molar-refractivity contribution in [3.8, 4) is 12.3 Å². The Balaban J connectivity index is 1.46. The van der Waals surface area contributed by atoms with E-state index >= 15 is 0 Å². The number of likely N-dealkylation sites (tertiary alicyclic amines) is 1. The first-order chi connectivity index (χ1) is 16.7. The summed E-state index contributed by atoms with van der Waals surface area (Å²) in [5, 5.41) is 0. The maximum atomic E-state index is 13.2. The number of hydrogen-bond donors (Lipinski definition) is 0. The minimum absolute atomic E-state index is 0.00476. The van der Waals surface area contributed by atoms with Gasteiger partial charge in [-0.05, 0) is 41.4 Å². The zero-order valence-electron chi connectivity index (χ0n) is 19.3. The zero-order valence-corrected chi connectivity index (χ0v) is 19.3. The highest BCUT2D eigenvalue weighted by Gasteiger charge is 2.28. The largest absolute Gasteiger partial charge is 0.341 e. The number of carbonyl (C=O) groups is 2. The molecule has 1 saturated heterocycles. The molecular formula is C30H30N2O2. The molecule has 0 aromatic heterocycles. The van der Waals surface area contributed by atoms with Crippen LogP contribution in [-0.2, 0) is 9.59 Å². The molecule has 34 heavy (non-hydrogen) atoms. The predicted octanol–water partition coefficient (Wildman–Crippen LogP) is 4.69. The van der Waals surface area contributed by atoms with Gasteiger partial charge in [-0.1, -0.05) is 91.0 Å². The van der Waals surface area contributed by atoms with Crippen LogP contribution in [0.4, 0.5) is 0 Å². The average Bonchev–Trinajstić information content (AvgIpc) is 2.92. The van der Waals surface area contributed by atoms with Gasteiger partial charge in [-0.15, -0.1) is 6.42 Å². The Kier molecular flexibility index (Phi) is 7.78. The Morgan fingerprint density at radius 2 is 1.35 bits per heavy atom. The molecule has 0 spiro atoms. The summed E-state index contributed by atoms with van der Waals surface area (Å²) in [5.41, 5.74) is 3.49. The molecule has 4 rings (SSSR count). The Morgan fingerprint density at radius 3 is 1.85 bits per heavy atom. The van der Waals surface area contributed by atoms with Gasteiger partial charge < -0.3 is 9.80 Å². The number of terminal acetylenes is 1. The molecule has 0 aliphatic carbocycles. The van der Waals surface area contributed by atoms with Gasteiger partial charge in [0.25, 0.3) is 5.91 Å². The minimum Gasteiger partial charge on any atom is -0.341 e. The van der Waals surface area contributed by atoms with Crippen LogP contribution in [-0.4, -0.2) is 47.8 Å². The van der Waals surface area contributed by atoms with Gasteiger partial charge >= 0.3 is 0 Å². The molecule has 172 valence electrons. The summed E-state index contributed by atoms with van der Waals surface area (Å²) in [6, 6.07) is 30.5. The van der Waals surface area contributed by atoms with Crippen LogP contribution >= 0.6 is 0 Å². The van der Waals surface area contributed by atoms with Crippen molar-refractivity contribution in [2.75, 3.05) is 26.2 Å². The molecule has 3 aromatic carbocycles. The fraction of sp³-hybridized carbons (Fsp3) is 0.267. The second kappa shape index (κ2) is 11.3. The van der Waals surface area contributed by atoms with Crippen LogP contribution in [0.2, 0.25) is 0 Å². The third-order valence-corrected chi connectivity index (χ3v) is 6.66. The van der Waals surface area contributed by atoms with Crippen LogP contribution in [0.25, 0.3) is 0 Å². The number of hydrogen-bond acceptors (Lipinski definition) is 2. The summed E-state index contributed by atoms with van der Waals surface area (Å²) in [4.78, 5) is 29.3. The monoisotopic (exact) mass is 450 g/mol. The van der Waals surface area contributed by atoms with Crippen LogP contribution in [0.1, 0.15) is 41.4 Å². The lowest BCUT2D eigenvalue weighted by Gasteiger charge is -2.34. The molecule has 0 unspecified atom stereocenters. The fourth-order valence-electron chi connectivity index (χ4n) is 4.76. The summed E-state index contributed by atoms with van der Waals surface area (Å²) < 4.78 is 0. The zero-order chi connectivity index (χ0) is 23.8. The SMILES string of the molecule is C#CC(=O)N(CC(=O)N1CCC(c2ccccc2)CC1)CC(c1ccccc1)c1ccccc1. The van der Waals surface area contributed by atoms with Gasteiger partial charge in [-0.25, -0.2) is 0 Å². The number of carbonyl (C=O) groups excluding carboxylic acids is 2. The van der Waals surface area contributed by atoms with Gasteiger partial charge in [-0.2, -0.15) is 0 Å². The quantitative estimate of drug-likeness (QED) is 0.490. The van der Waals surface area contributed by atoms with E-state index in [0.717, 1.165) is 24.0 Å². The first-order valence-electron chi connectivity index (χ1n) is 11.8. The van der Waals surface area contributed by atoms with Crippen molar-refractivity contribution >= 4 is 11.8 Å². The second-order valence-corrected chi connectivity index (χ2v) is 8.77. The third-order valence-electron chi connectivity index (χ3n) is 6.66. The van der Waals surface area contributed by atoms with E-state index < -0.39 is 5.91 Å². The topological polar surface area (TPSA) is 40.6 Å². The highest BCUT2D eigenvalue weighted by atomic mass is 16.2. The standard InChI is InChI=1S/C30H30N2O2/c1-2-29(33)32(22-28(26-14-8-4-9-15-26)27-16-10-5-11-17-27)23-30(34)31-20-18-25(19-21-31)24-12-6-3-7-13-24/h1,3-17,25,28H,18-23H2. The molecule has 0 N–H and O–H groups in total. The van der Waals surface area contributed by atoms with Crippen molar-refractivity contribution in [3.63, 3.8) is 0 Å². The molecule has 1 heterocycles. The fourth-order valence-corrected chi connectivity index (χ4v) is 4.76. The van der Waals surface area contributed by atoms with Crippen molar-refractivity contribution in [1.29, 1.82) is 0 Å². The van der Waals surface area contributed by atoms with Gasteiger partial charge in [0.15, 0.2) is 0 Å². The second-order valence-electron chi connectivity index (χ2n) is 8.77. The van der Waals surface area contributed by atoms with E-state index in [1.54, 1.807) is 0 Å². The number of piperidine rings is 1. The average molecular weight is 451 g/mol. The first-order valence-corrected chi connectivity index (χ1v) is 11.8. The highest BCUT2D eigenvalue weighted by molar-refractivity contribution is 5.95. The Labute approximate surface area is 202 Å². The molecule has 2 amide bonds. The molecule has 0 saturated carbocycles. The van der Waals surface area contributed by atoms with Crippen molar-refractivity contribution in [1.82, 2.24) is 9.80 Å². The molecule has 0 atom stereocenters. The van der Waals surface area contributed by atoms with E-state index in [9.17, 15) is 9.59 Å². The summed E-state index contributed by atoms with van der Waals surface area (Å²) in [6.45, 7) is 1.73. The van der Waals surface area contributed by atoms with E-state index in [0.29, 0.717) is 25.6 Å². The van der Waals surface area contributed by atoms with Crippen LogP contribution < -0.4 is 0 Å². The van der Waals surface area contributed by atoms with Crippen LogP contribution in [0.5, 0.6) is 0 Å². The van der Waals surface area contributed by atoms with E-state index in [2.05, 4.69) is 30.2 Å².